The largest absolute Gasteiger partial charge is 0.456 e. The minimum atomic E-state index is -0.220. The minimum Gasteiger partial charge on any atom is -0.456 e. The summed E-state index contributed by atoms with van der Waals surface area (Å²) in [5, 5.41) is 14.5. The average Bonchev–Trinajstić information content (AvgIpc) is 3.88. The molecule has 5 nitrogen and oxygen atoms in total. The number of nitrogens with zero attached hydrogens (tertiary/aromatic N) is 1. The van der Waals surface area contributed by atoms with Gasteiger partial charge in [0.25, 0.3) is 0 Å². The summed E-state index contributed by atoms with van der Waals surface area (Å²) < 4.78 is 15.0. The van der Waals surface area contributed by atoms with Crippen LogP contribution < -0.4 is 10.6 Å². The fourth-order valence-corrected chi connectivity index (χ4v) is 8.80. The van der Waals surface area contributed by atoms with Crippen molar-refractivity contribution in [3.05, 3.63) is 168 Å². The predicted molar refractivity (Wildman–Crippen MR) is 210 cm³/mol. The molecule has 0 amide bonds. The quantitative estimate of drug-likeness (QED) is 0.195. The first-order valence-electron chi connectivity index (χ1n) is 17.2. The lowest BCUT2D eigenvalue weighted by atomic mass is 10.00. The van der Waals surface area contributed by atoms with E-state index in [0.717, 1.165) is 77.5 Å². The summed E-state index contributed by atoms with van der Waals surface area (Å²) >= 11 is 1.83. The lowest BCUT2D eigenvalue weighted by Crippen LogP contribution is -2.44. The number of furan rings is 2. The van der Waals surface area contributed by atoms with Crippen LogP contribution in [0.4, 0.5) is 0 Å². The Balaban J connectivity index is 0.989. The Kier molecular flexibility index (Phi) is 6.26. The number of amidine groups is 1. The Morgan fingerprint density at radius 2 is 1.24 bits per heavy atom. The maximum Gasteiger partial charge on any atom is 0.143 e. The molecular formula is C45H29N3O2S. The van der Waals surface area contributed by atoms with Gasteiger partial charge in [-0.05, 0) is 65.2 Å². The molecule has 0 bridgehead atoms. The lowest BCUT2D eigenvalue weighted by molar-refractivity contribution is 0.409. The number of benzene rings is 7. The third kappa shape index (κ3) is 4.61. The first-order valence-corrected chi connectivity index (χ1v) is 18.0. The topological polar surface area (TPSA) is 62.7 Å². The molecule has 1 aliphatic heterocycles. The monoisotopic (exact) mass is 675 g/mol. The van der Waals surface area contributed by atoms with Crippen molar-refractivity contribution in [3.8, 4) is 11.1 Å². The van der Waals surface area contributed by atoms with Crippen LogP contribution in [0.2, 0.25) is 0 Å². The van der Waals surface area contributed by atoms with Crippen LogP contribution in [0.1, 0.15) is 29.0 Å². The standard InChI is InChI=1S/C45H29N3O2S/c1-2-9-26(10-3-1)43-46-44(28-18-21-39-35(23-28)32-12-5-6-15-37(32)49-39)48-45(47-43)29-19-22-40-36(24-29)33-20-17-27(25-41(33)51-40)30-13-8-14-34-31-11-4-7-16-38(31)50-42(30)34/h1-25,43,45,47H,(H,46,48). The Labute approximate surface area is 296 Å². The van der Waals surface area contributed by atoms with Crippen LogP contribution in [-0.4, -0.2) is 5.84 Å². The first kappa shape index (κ1) is 28.6. The molecule has 6 heteroatoms. The normalized spacial score (nSPS) is 16.4. The summed E-state index contributed by atoms with van der Waals surface area (Å²) in [6.45, 7) is 0. The SMILES string of the molecule is c1ccc(C2N=C(c3ccc4oc5ccccc5c4c3)NC(c3ccc4sc5cc(-c6cccc7c6oc6ccccc67)ccc5c4c3)N2)cc1. The second-order valence-electron chi connectivity index (χ2n) is 13.2. The van der Waals surface area contributed by atoms with Crippen LogP contribution >= 0.6 is 11.3 Å². The van der Waals surface area contributed by atoms with Crippen LogP contribution in [0.3, 0.4) is 0 Å². The highest BCUT2D eigenvalue weighted by Gasteiger charge is 2.26. The van der Waals surface area contributed by atoms with Crippen LogP contribution in [-0.2, 0) is 0 Å². The molecule has 4 heterocycles. The summed E-state index contributed by atoms with van der Waals surface area (Å²) in [5.41, 5.74) is 9.17. The van der Waals surface area contributed by atoms with E-state index in [-0.39, 0.29) is 12.3 Å². The van der Waals surface area contributed by atoms with Crippen LogP contribution in [0.25, 0.3) is 75.2 Å². The van der Waals surface area contributed by atoms with E-state index in [9.17, 15) is 0 Å². The minimum absolute atomic E-state index is 0.163. The molecule has 0 aliphatic carbocycles. The van der Waals surface area contributed by atoms with Gasteiger partial charge >= 0.3 is 0 Å². The van der Waals surface area contributed by atoms with Gasteiger partial charge in [0, 0.05) is 52.8 Å². The summed E-state index contributed by atoms with van der Waals surface area (Å²) in [6, 6.07) is 53.3. The van der Waals surface area contributed by atoms with Crippen molar-refractivity contribution >= 4 is 81.2 Å². The molecule has 2 unspecified atom stereocenters. The van der Waals surface area contributed by atoms with Gasteiger partial charge in [0.1, 0.15) is 40.5 Å². The zero-order valence-electron chi connectivity index (χ0n) is 27.3. The highest BCUT2D eigenvalue weighted by Crippen LogP contribution is 2.41. The fourth-order valence-electron chi connectivity index (χ4n) is 7.67. The number of thiophene rings is 1. The summed E-state index contributed by atoms with van der Waals surface area (Å²) in [7, 11) is 0. The van der Waals surface area contributed by atoms with E-state index >= 15 is 0 Å². The average molecular weight is 676 g/mol. The zero-order chi connectivity index (χ0) is 33.5. The highest BCUT2D eigenvalue weighted by molar-refractivity contribution is 7.25. The van der Waals surface area contributed by atoms with E-state index in [1.807, 2.05) is 41.7 Å². The number of hydrogen-bond acceptors (Lipinski definition) is 6. The van der Waals surface area contributed by atoms with Gasteiger partial charge in [-0.15, -0.1) is 11.3 Å². The van der Waals surface area contributed by atoms with E-state index in [0.29, 0.717) is 0 Å². The van der Waals surface area contributed by atoms with Gasteiger partial charge < -0.3 is 14.2 Å². The molecule has 3 aromatic heterocycles. The van der Waals surface area contributed by atoms with Gasteiger partial charge in [0.15, 0.2) is 0 Å². The molecule has 0 spiro atoms. The molecule has 1 aliphatic rings. The van der Waals surface area contributed by atoms with Crippen LogP contribution in [0.15, 0.2) is 165 Å². The van der Waals surface area contributed by atoms with E-state index in [1.54, 1.807) is 0 Å². The summed E-state index contributed by atoms with van der Waals surface area (Å²) in [6.07, 6.45) is -0.383. The second-order valence-corrected chi connectivity index (χ2v) is 14.3. The maximum atomic E-state index is 6.38. The van der Waals surface area contributed by atoms with Gasteiger partial charge in [-0.3, -0.25) is 5.32 Å². The van der Waals surface area contributed by atoms with E-state index in [2.05, 4.69) is 132 Å². The smallest absolute Gasteiger partial charge is 0.143 e. The van der Waals surface area contributed by atoms with E-state index in [4.69, 9.17) is 13.8 Å². The van der Waals surface area contributed by atoms with Gasteiger partial charge in [-0.25, -0.2) is 4.99 Å². The number of rotatable bonds is 4. The van der Waals surface area contributed by atoms with Crippen molar-refractivity contribution in [1.82, 2.24) is 10.6 Å². The molecule has 0 radical (unpaired) electrons. The number of nitrogens with one attached hydrogen (secondary N) is 2. The van der Waals surface area contributed by atoms with E-state index in [1.165, 1.54) is 20.2 Å². The third-order valence-corrected chi connectivity index (χ3v) is 11.3. The lowest BCUT2D eigenvalue weighted by Gasteiger charge is -2.32. The number of aliphatic imine (C=N–C) groups is 1. The van der Waals surface area contributed by atoms with Crippen molar-refractivity contribution in [2.24, 2.45) is 4.99 Å². The molecule has 2 N–H and O–H groups in total. The van der Waals surface area contributed by atoms with Crippen molar-refractivity contribution in [1.29, 1.82) is 0 Å². The van der Waals surface area contributed by atoms with Crippen molar-refractivity contribution in [3.63, 3.8) is 0 Å². The second kappa shape index (κ2) is 11.2. The Morgan fingerprint density at radius 1 is 0.490 bits per heavy atom. The van der Waals surface area contributed by atoms with Gasteiger partial charge in [0.2, 0.25) is 0 Å². The van der Waals surface area contributed by atoms with Crippen molar-refractivity contribution < 1.29 is 8.83 Å². The summed E-state index contributed by atoms with van der Waals surface area (Å²) in [5.74, 6) is 0.847. The molecule has 0 saturated heterocycles. The van der Waals surface area contributed by atoms with E-state index < -0.39 is 0 Å². The van der Waals surface area contributed by atoms with Crippen molar-refractivity contribution in [2.75, 3.05) is 0 Å². The molecule has 0 fully saturated rings. The molecular weight excluding hydrogens is 647 g/mol. The van der Waals surface area contributed by atoms with Gasteiger partial charge in [0.05, 0.1) is 0 Å². The predicted octanol–water partition coefficient (Wildman–Crippen LogP) is 11.9. The van der Waals surface area contributed by atoms with Gasteiger partial charge in [-0.1, -0.05) is 103 Å². The molecule has 7 aromatic carbocycles. The highest BCUT2D eigenvalue weighted by atomic mass is 32.1. The molecule has 242 valence electrons. The van der Waals surface area contributed by atoms with Crippen LogP contribution in [0.5, 0.6) is 0 Å². The van der Waals surface area contributed by atoms with Crippen molar-refractivity contribution in [2.45, 2.75) is 12.3 Å². The third-order valence-electron chi connectivity index (χ3n) is 10.2. The number of hydrogen-bond donors (Lipinski definition) is 2. The maximum absolute atomic E-state index is 6.38. The van der Waals surface area contributed by atoms with Gasteiger partial charge in [-0.2, -0.15) is 0 Å². The Morgan fingerprint density at radius 3 is 2.12 bits per heavy atom. The zero-order valence-corrected chi connectivity index (χ0v) is 28.1. The summed E-state index contributed by atoms with van der Waals surface area (Å²) in [4.78, 5) is 5.20. The molecule has 10 aromatic rings. The Hall–Kier alpha value is -6.21. The molecule has 2 atom stereocenters. The fraction of sp³-hybridized carbons (Fsp3) is 0.0444. The number of fused-ring (bicyclic) bond motifs is 9. The molecule has 11 rings (SSSR count). The first-order chi connectivity index (χ1) is 25.2. The molecule has 0 saturated carbocycles. The number of para-hydroxylation sites is 3. The Bertz CT molecular complexity index is 3010. The molecule has 51 heavy (non-hydrogen) atoms. The van der Waals surface area contributed by atoms with Crippen LogP contribution in [0, 0.1) is 0 Å².